The van der Waals surface area contributed by atoms with Gasteiger partial charge >= 0.3 is 5.97 Å². The molecule has 0 aliphatic heterocycles. The summed E-state index contributed by atoms with van der Waals surface area (Å²) < 4.78 is 10.2. The summed E-state index contributed by atoms with van der Waals surface area (Å²) in [5.41, 5.74) is 1.08. The van der Waals surface area contributed by atoms with E-state index in [0.29, 0.717) is 22.0 Å². The highest BCUT2D eigenvalue weighted by molar-refractivity contribution is 6.32. The van der Waals surface area contributed by atoms with Crippen LogP contribution in [0.3, 0.4) is 0 Å². The summed E-state index contributed by atoms with van der Waals surface area (Å²) in [4.78, 5) is 10.7. The molecule has 0 aliphatic rings. The topological polar surface area (TPSA) is 72.6 Å². The molecule has 0 saturated heterocycles. The van der Waals surface area contributed by atoms with Crippen LogP contribution in [0.2, 0.25) is 5.02 Å². The Morgan fingerprint density at radius 3 is 2.68 bits per heavy atom. The first-order chi connectivity index (χ1) is 8.97. The first-order valence-electron chi connectivity index (χ1n) is 5.64. The second-order valence-corrected chi connectivity index (χ2v) is 4.60. The van der Waals surface area contributed by atoms with Crippen molar-refractivity contribution in [1.29, 1.82) is 0 Å². The molecule has 0 fully saturated rings. The van der Waals surface area contributed by atoms with Crippen LogP contribution < -0.4 is 4.74 Å². The van der Waals surface area contributed by atoms with E-state index in [1.807, 2.05) is 13.8 Å². The van der Waals surface area contributed by atoms with Gasteiger partial charge in [0, 0.05) is 11.6 Å². The lowest BCUT2D eigenvalue weighted by Gasteiger charge is -2.11. The van der Waals surface area contributed by atoms with Crippen LogP contribution >= 0.6 is 11.6 Å². The molecule has 100 valence electrons. The van der Waals surface area contributed by atoms with Crippen LogP contribution in [-0.2, 0) is 0 Å². The normalized spacial score (nSPS) is 10.7. The van der Waals surface area contributed by atoms with Gasteiger partial charge in [0.1, 0.15) is 11.4 Å². The Balaban J connectivity index is 2.30. The Hall–Kier alpha value is -2.01. The van der Waals surface area contributed by atoms with Crippen LogP contribution in [0, 0.1) is 0 Å². The van der Waals surface area contributed by atoms with Gasteiger partial charge in [0.25, 0.3) is 0 Å². The molecular weight excluding hydrogens is 270 g/mol. The van der Waals surface area contributed by atoms with Gasteiger partial charge in [-0.3, -0.25) is 0 Å². The van der Waals surface area contributed by atoms with E-state index in [-0.39, 0.29) is 11.9 Å². The Morgan fingerprint density at radius 2 is 2.16 bits per heavy atom. The first kappa shape index (κ1) is 13.4. The second kappa shape index (κ2) is 5.32. The average Bonchev–Trinajstić information content (AvgIpc) is 2.80. The maximum atomic E-state index is 10.7. The fourth-order valence-corrected chi connectivity index (χ4v) is 1.75. The fourth-order valence-electron chi connectivity index (χ4n) is 1.52. The summed E-state index contributed by atoms with van der Waals surface area (Å²) in [6.07, 6.45) is 0.0222. The zero-order chi connectivity index (χ0) is 14.0. The van der Waals surface area contributed by atoms with E-state index in [1.165, 1.54) is 6.07 Å². The number of hydrogen-bond donors (Lipinski definition) is 1. The van der Waals surface area contributed by atoms with Gasteiger partial charge in [-0.25, -0.2) is 4.79 Å². The first-order valence-corrected chi connectivity index (χ1v) is 6.01. The molecule has 19 heavy (non-hydrogen) atoms. The van der Waals surface area contributed by atoms with E-state index in [1.54, 1.807) is 18.2 Å². The predicted molar refractivity (Wildman–Crippen MR) is 69.7 cm³/mol. The molecule has 5 nitrogen and oxygen atoms in total. The summed E-state index contributed by atoms with van der Waals surface area (Å²) in [5, 5.41) is 12.9. The van der Waals surface area contributed by atoms with Crippen LogP contribution in [0.25, 0.3) is 11.3 Å². The van der Waals surface area contributed by atoms with Crippen molar-refractivity contribution in [1.82, 2.24) is 5.16 Å². The number of aromatic nitrogens is 1. The second-order valence-electron chi connectivity index (χ2n) is 4.19. The Bertz CT molecular complexity index is 606. The summed E-state index contributed by atoms with van der Waals surface area (Å²) in [6.45, 7) is 3.81. The Morgan fingerprint density at radius 1 is 1.42 bits per heavy atom. The van der Waals surface area contributed by atoms with Crippen molar-refractivity contribution < 1.29 is 19.2 Å². The van der Waals surface area contributed by atoms with Crippen molar-refractivity contribution in [2.24, 2.45) is 0 Å². The molecule has 0 radical (unpaired) electrons. The van der Waals surface area contributed by atoms with E-state index in [0.717, 1.165) is 0 Å². The van der Waals surface area contributed by atoms with Gasteiger partial charge in [0.15, 0.2) is 0 Å². The fraction of sp³-hybridized carbons (Fsp3) is 0.231. The predicted octanol–water partition coefficient (Wildman–Crippen LogP) is 3.48. The van der Waals surface area contributed by atoms with Gasteiger partial charge in [-0.15, -0.1) is 0 Å². The maximum Gasteiger partial charge on any atom is 0.374 e. The van der Waals surface area contributed by atoms with Crippen LogP contribution in [0.1, 0.15) is 24.4 Å². The monoisotopic (exact) mass is 281 g/mol. The zero-order valence-electron chi connectivity index (χ0n) is 10.4. The standard InChI is InChI=1S/C13H12ClNO4/c1-7(2)18-11-4-3-8(5-9(11)14)10-6-12(13(16)17)19-15-10/h3-7H,1-2H3,(H,16,17). The molecule has 1 heterocycles. The molecule has 0 spiro atoms. The lowest BCUT2D eigenvalue weighted by molar-refractivity contribution is 0.0652. The minimum Gasteiger partial charge on any atom is -0.489 e. The smallest absolute Gasteiger partial charge is 0.374 e. The van der Waals surface area contributed by atoms with E-state index in [2.05, 4.69) is 5.16 Å². The quantitative estimate of drug-likeness (QED) is 0.929. The average molecular weight is 282 g/mol. The molecule has 0 aliphatic carbocycles. The van der Waals surface area contributed by atoms with E-state index < -0.39 is 5.97 Å². The van der Waals surface area contributed by atoms with Crippen molar-refractivity contribution in [2.45, 2.75) is 20.0 Å². The number of nitrogens with zero attached hydrogens (tertiary/aromatic N) is 1. The molecule has 0 atom stereocenters. The number of ether oxygens (including phenoxy) is 1. The molecule has 6 heteroatoms. The molecule has 1 aromatic heterocycles. The highest BCUT2D eigenvalue weighted by Crippen LogP contribution is 2.30. The molecule has 0 saturated carbocycles. The van der Waals surface area contributed by atoms with Crippen LogP contribution in [-0.4, -0.2) is 22.3 Å². The third-order valence-electron chi connectivity index (χ3n) is 2.31. The number of rotatable bonds is 4. The molecule has 2 rings (SSSR count). The van der Waals surface area contributed by atoms with Crippen LogP contribution in [0.4, 0.5) is 0 Å². The van der Waals surface area contributed by atoms with Gasteiger partial charge in [0.05, 0.1) is 11.1 Å². The number of aromatic carboxylic acids is 1. The maximum absolute atomic E-state index is 10.7. The van der Waals surface area contributed by atoms with Gasteiger partial charge < -0.3 is 14.4 Å². The minimum atomic E-state index is -1.16. The molecule has 1 aromatic carbocycles. The summed E-state index contributed by atoms with van der Waals surface area (Å²) in [5.74, 6) is -0.805. The van der Waals surface area contributed by atoms with Gasteiger partial charge in [-0.1, -0.05) is 16.8 Å². The number of benzene rings is 1. The minimum absolute atomic E-state index is 0.0222. The lowest BCUT2D eigenvalue weighted by Crippen LogP contribution is -2.05. The van der Waals surface area contributed by atoms with Crippen LogP contribution in [0.15, 0.2) is 28.8 Å². The number of halogens is 1. The lowest BCUT2D eigenvalue weighted by atomic mass is 10.1. The van der Waals surface area contributed by atoms with Gasteiger partial charge in [-0.05, 0) is 32.0 Å². The van der Waals surface area contributed by atoms with E-state index in [9.17, 15) is 4.79 Å². The molecule has 0 amide bonds. The largest absolute Gasteiger partial charge is 0.489 e. The summed E-state index contributed by atoms with van der Waals surface area (Å²) in [6, 6.07) is 6.46. The van der Waals surface area contributed by atoms with Gasteiger partial charge in [-0.2, -0.15) is 0 Å². The number of carbonyl (C=O) groups is 1. The van der Waals surface area contributed by atoms with Crippen molar-refractivity contribution in [2.75, 3.05) is 0 Å². The Labute approximate surface area is 114 Å². The van der Waals surface area contributed by atoms with Crippen molar-refractivity contribution >= 4 is 17.6 Å². The van der Waals surface area contributed by atoms with Crippen molar-refractivity contribution in [3.8, 4) is 17.0 Å². The number of hydrogen-bond acceptors (Lipinski definition) is 4. The van der Waals surface area contributed by atoms with Gasteiger partial charge in [0.2, 0.25) is 5.76 Å². The van der Waals surface area contributed by atoms with Crippen molar-refractivity contribution in [3.05, 3.63) is 35.0 Å². The summed E-state index contributed by atoms with van der Waals surface area (Å²) in [7, 11) is 0. The highest BCUT2D eigenvalue weighted by atomic mass is 35.5. The SMILES string of the molecule is CC(C)Oc1ccc(-c2cc(C(=O)O)on2)cc1Cl. The molecule has 2 aromatic rings. The van der Waals surface area contributed by atoms with E-state index >= 15 is 0 Å². The third kappa shape index (κ3) is 3.06. The highest BCUT2D eigenvalue weighted by Gasteiger charge is 2.13. The molecule has 0 bridgehead atoms. The van der Waals surface area contributed by atoms with E-state index in [4.69, 9.17) is 26.0 Å². The summed E-state index contributed by atoms with van der Waals surface area (Å²) >= 11 is 6.09. The Kier molecular flexibility index (Phi) is 3.76. The van der Waals surface area contributed by atoms with Crippen molar-refractivity contribution in [3.63, 3.8) is 0 Å². The molecular formula is C13H12ClNO4. The molecule has 0 unspecified atom stereocenters. The third-order valence-corrected chi connectivity index (χ3v) is 2.61. The number of carboxylic acids is 1. The van der Waals surface area contributed by atoms with Crippen LogP contribution in [0.5, 0.6) is 5.75 Å². The number of carboxylic acid groups (broad SMARTS) is 1. The molecule has 1 N–H and O–H groups in total. The zero-order valence-corrected chi connectivity index (χ0v) is 11.1.